The first-order valence-corrected chi connectivity index (χ1v) is 11.8. The molecule has 0 saturated carbocycles. The molecule has 2 aliphatic rings. The van der Waals surface area contributed by atoms with Crippen molar-refractivity contribution in [1.29, 1.82) is 0 Å². The predicted molar refractivity (Wildman–Crippen MR) is 138 cm³/mol. The lowest BCUT2D eigenvalue weighted by Gasteiger charge is -2.31. The first kappa shape index (κ1) is 23.0. The smallest absolute Gasteiger partial charge is 0.409 e. The van der Waals surface area contributed by atoms with E-state index in [9.17, 15) is 4.79 Å². The number of hydrogen-bond acceptors (Lipinski definition) is 4. The lowest BCUT2D eigenvalue weighted by atomic mass is 9.80. The van der Waals surface area contributed by atoms with Gasteiger partial charge in [-0.1, -0.05) is 30.3 Å². The van der Waals surface area contributed by atoms with Crippen LogP contribution in [0.4, 0.5) is 10.5 Å². The molecule has 6 heteroatoms. The average molecular weight is 471 g/mol. The topological polar surface area (TPSA) is 80.2 Å². The number of aliphatic imine (C=N–C) groups is 1. The van der Waals surface area contributed by atoms with Gasteiger partial charge in [-0.3, -0.25) is 10.3 Å². The molecule has 3 aromatic rings. The SMILES string of the molecule is COc1cc2c(c3c1OC(C)(C)C3)C(c1cccc(-c3ccc(NC(=O)O)cc3)c1)=NC(C)(C)C2. The van der Waals surface area contributed by atoms with Crippen LogP contribution < -0.4 is 14.8 Å². The number of amides is 1. The highest BCUT2D eigenvalue weighted by Crippen LogP contribution is 2.48. The molecule has 0 aromatic heterocycles. The van der Waals surface area contributed by atoms with Gasteiger partial charge in [0.2, 0.25) is 0 Å². The number of anilines is 1. The monoisotopic (exact) mass is 470 g/mol. The molecule has 1 amide bonds. The van der Waals surface area contributed by atoms with Gasteiger partial charge in [0.15, 0.2) is 11.5 Å². The van der Waals surface area contributed by atoms with Gasteiger partial charge in [-0.2, -0.15) is 0 Å². The van der Waals surface area contributed by atoms with E-state index in [4.69, 9.17) is 19.6 Å². The predicted octanol–water partition coefficient (Wildman–Crippen LogP) is 6.34. The van der Waals surface area contributed by atoms with E-state index in [1.807, 2.05) is 18.2 Å². The standard InChI is InChI=1S/C29H30N2O4/c1-28(2)15-20-14-23(34-5)26-22(16-29(3,4)35-26)24(20)25(31-28)19-8-6-7-18(13-19)17-9-11-21(12-10-17)30-27(32)33/h6-14,30H,15-16H2,1-5H3,(H,32,33). The first-order chi connectivity index (χ1) is 16.5. The van der Waals surface area contributed by atoms with Crippen molar-refractivity contribution in [3.63, 3.8) is 0 Å². The van der Waals surface area contributed by atoms with E-state index >= 15 is 0 Å². The minimum atomic E-state index is -1.08. The number of benzene rings is 3. The van der Waals surface area contributed by atoms with E-state index in [2.05, 4.69) is 57.3 Å². The maximum Gasteiger partial charge on any atom is 0.409 e. The highest BCUT2D eigenvalue weighted by molar-refractivity contribution is 6.16. The van der Waals surface area contributed by atoms with Gasteiger partial charge in [0.25, 0.3) is 0 Å². The number of methoxy groups -OCH3 is 1. The van der Waals surface area contributed by atoms with Crippen LogP contribution in [0.1, 0.15) is 49.9 Å². The van der Waals surface area contributed by atoms with Gasteiger partial charge in [0.1, 0.15) is 5.60 Å². The van der Waals surface area contributed by atoms with Crippen LogP contribution in [0.25, 0.3) is 11.1 Å². The lowest BCUT2D eigenvalue weighted by Crippen LogP contribution is -2.30. The summed E-state index contributed by atoms with van der Waals surface area (Å²) in [5, 5.41) is 11.3. The van der Waals surface area contributed by atoms with Crippen LogP contribution >= 0.6 is 0 Å². The molecule has 0 saturated heterocycles. The number of fused-ring (bicyclic) bond motifs is 3. The fraction of sp³-hybridized carbons (Fsp3) is 0.310. The van der Waals surface area contributed by atoms with Gasteiger partial charge in [-0.15, -0.1) is 0 Å². The number of nitrogens with zero attached hydrogens (tertiary/aromatic N) is 1. The highest BCUT2D eigenvalue weighted by Gasteiger charge is 2.39. The van der Waals surface area contributed by atoms with Gasteiger partial charge in [-0.25, -0.2) is 4.79 Å². The summed E-state index contributed by atoms with van der Waals surface area (Å²) in [6.45, 7) is 8.53. The maximum absolute atomic E-state index is 10.9. The Hall–Kier alpha value is -3.80. The summed E-state index contributed by atoms with van der Waals surface area (Å²) in [4.78, 5) is 16.1. The zero-order valence-corrected chi connectivity index (χ0v) is 20.7. The van der Waals surface area contributed by atoms with E-state index in [1.54, 1.807) is 19.2 Å². The molecule has 2 N–H and O–H groups in total. The van der Waals surface area contributed by atoms with E-state index in [1.165, 1.54) is 5.56 Å². The fourth-order valence-corrected chi connectivity index (χ4v) is 5.15. The van der Waals surface area contributed by atoms with Crippen LogP contribution in [-0.4, -0.2) is 35.2 Å². The average Bonchev–Trinajstić information content (AvgIpc) is 3.12. The van der Waals surface area contributed by atoms with Crippen molar-refractivity contribution < 1.29 is 19.4 Å². The molecule has 0 atom stereocenters. The van der Waals surface area contributed by atoms with Crippen LogP contribution in [0.5, 0.6) is 11.5 Å². The molecule has 5 rings (SSSR count). The number of nitrogens with one attached hydrogen (secondary N) is 1. The number of carbonyl (C=O) groups is 1. The summed E-state index contributed by atoms with van der Waals surface area (Å²) in [7, 11) is 1.69. The third-order valence-electron chi connectivity index (χ3n) is 6.51. The Kier molecular flexibility index (Phi) is 5.35. The summed E-state index contributed by atoms with van der Waals surface area (Å²) in [6.07, 6.45) is 0.541. The maximum atomic E-state index is 10.9. The van der Waals surface area contributed by atoms with Crippen LogP contribution in [-0.2, 0) is 12.8 Å². The van der Waals surface area contributed by atoms with Gasteiger partial charge >= 0.3 is 6.09 Å². The summed E-state index contributed by atoms with van der Waals surface area (Å²) in [5.41, 5.74) is 7.58. The Morgan fingerprint density at radius 3 is 2.40 bits per heavy atom. The number of ether oxygens (including phenoxy) is 2. The molecule has 180 valence electrons. The Morgan fingerprint density at radius 1 is 1.00 bits per heavy atom. The largest absolute Gasteiger partial charge is 0.493 e. The fourth-order valence-electron chi connectivity index (χ4n) is 5.15. The summed E-state index contributed by atoms with van der Waals surface area (Å²) >= 11 is 0. The minimum absolute atomic E-state index is 0.253. The Balaban J connectivity index is 1.62. The molecule has 6 nitrogen and oxygen atoms in total. The first-order valence-electron chi connectivity index (χ1n) is 11.8. The Labute approximate surface area is 205 Å². The summed E-state index contributed by atoms with van der Waals surface area (Å²) in [6, 6.07) is 17.9. The molecule has 0 fully saturated rings. The van der Waals surface area contributed by atoms with Crippen LogP contribution in [0.15, 0.2) is 59.6 Å². The van der Waals surface area contributed by atoms with Gasteiger partial charge in [0, 0.05) is 28.8 Å². The molecule has 2 heterocycles. The zero-order valence-electron chi connectivity index (χ0n) is 20.7. The third kappa shape index (κ3) is 4.36. The summed E-state index contributed by atoms with van der Waals surface area (Å²) < 4.78 is 12.1. The van der Waals surface area contributed by atoms with Crippen LogP contribution in [0.3, 0.4) is 0 Å². The van der Waals surface area contributed by atoms with Crippen molar-refractivity contribution in [2.75, 3.05) is 12.4 Å². The molecule has 0 bridgehead atoms. The van der Waals surface area contributed by atoms with Crippen molar-refractivity contribution in [2.24, 2.45) is 4.99 Å². The molecular weight excluding hydrogens is 440 g/mol. The second-order valence-electron chi connectivity index (χ2n) is 10.5. The van der Waals surface area contributed by atoms with Gasteiger partial charge in [-0.05, 0) is 75.1 Å². The molecule has 0 radical (unpaired) electrons. The summed E-state index contributed by atoms with van der Waals surface area (Å²) in [5.74, 6) is 1.60. The Morgan fingerprint density at radius 2 is 1.71 bits per heavy atom. The van der Waals surface area contributed by atoms with Gasteiger partial charge in [0.05, 0.1) is 18.4 Å². The highest BCUT2D eigenvalue weighted by atomic mass is 16.5. The lowest BCUT2D eigenvalue weighted by molar-refractivity contribution is 0.134. The van der Waals surface area contributed by atoms with Gasteiger partial charge < -0.3 is 14.6 Å². The second kappa shape index (κ2) is 8.15. The van der Waals surface area contributed by atoms with Crippen molar-refractivity contribution in [1.82, 2.24) is 0 Å². The molecule has 3 aromatic carbocycles. The van der Waals surface area contributed by atoms with E-state index in [0.717, 1.165) is 57.9 Å². The molecule has 35 heavy (non-hydrogen) atoms. The molecule has 0 unspecified atom stereocenters. The van der Waals surface area contributed by atoms with E-state index in [-0.39, 0.29) is 11.1 Å². The van der Waals surface area contributed by atoms with Crippen molar-refractivity contribution in [2.45, 2.75) is 51.7 Å². The van der Waals surface area contributed by atoms with E-state index in [0.29, 0.717) is 5.69 Å². The van der Waals surface area contributed by atoms with Crippen molar-refractivity contribution in [3.05, 3.63) is 76.9 Å². The Bertz CT molecular complexity index is 1350. The quantitative estimate of drug-likeness (QED) is 0.466. The number of carboxylic acid groups (broad SMARTS) is 1. The third-order valence-corrected chi connectivity index (χ3v) is 6.51. The van der Waals surface area contributed by atoms with Crippen molar-refractivity contribution in [3.8, 4) is 22.6 Å². The number of rotatable bonds is 4. The minimum Gasteiger partial charge on any atom is -0.493 e. The van der Waals surface area contributed by atoms with Crippen molar-refractivity contribution >= 4 is 17.5 Å². The second-order valence-corrected chi connectivity index (χ2v) is 10.5. The van der Waals surface area contributed by atoms with E-state index < -0.39 is 6.09 Å². The van der Waals surface area contributed by atoms with Crippen LogP contribution in [0.2, 0.25) is 0 Å². The molecular formula is C29H30N2O4. The zero-order chi connectivity index (χ0) is 25.0. The number of hydrogen-bond donors (Lipinski definition) is 2. The molecule has 0 aliphatic carbocycles. The van der Waals surface area contributed by atoms with Crippen LogP contribution in [0, 0.1) is 0 Å². The molecule has 2 aliphatic heterocycles. The molecule has 0 spiro atoms. The normalized spacial score (nSPS) is 17.0.